The molecule has 3 aliphatic rings. The van der Waals surface area contributed by atoms with Gasteiger partial charge in [0.15, 0.2) is 5.82 Å². The fraction of sp³-hybridized carbons (Fsp3) is 0.750. The van der Waals surface area contributed by atoms with Gasteiger partial charge in [-0.05, 0) is 44.6 Å². The standard InChI is InChI=1S/C16H25N5/c1-17-13-4-5-21(10-13)14-8-16(20-18-9-14)19-15-7-11-2-3-12(15)6-11/h8-9,11-13,15,17H,2-7,10H2,1H3,(H,19,20)/t11?,12?,13-,15?/m0/s1. The van der Waals surface area contributed by atoms with Crippen molar-refractivity contribution < 1.29 is 0 Å². The molecule has 2 N–H and O–H groups in total. The van der Waals surface area contributed by atoms with Crippen LogP contribution in [0.3, 0.4) is 0 Å². The molecule has 21 heavy (non-hydrogen) atoms. The van der Waals surface area contributed by atoms with E-state index >= 15 is 0 Å². The molecule has 114 valence electrons. The van der Waals surface area contributed by atoms with E-state index in [-0.39, 0.29) is 0 Å². The highest BCUT2D eigenvalue weighted by Gasteiger charge is 2.39. The zero-order valence-electron chi connectivity index (χ0n) is 12.8. The fourth-order valence-electron chi connectivity index (χ4n) is 4.44. The van der Waals surface area contributed by atoms with Crippen molar-refractivity contribution in [1.82, 2.24) is 15.5 Å². The van der Waals surface area contributed by atoms with Crippen LogP contribution < -0.4 is 15.5 Å². The van der Waals surface area contributed by atoms with Crippen molar-refractivity contribution in [2.24, 2.45) is 11.8 Å². The van der Waals surface area contributed by atoms with E-state index in [0.29, 0.717) is 12.1 Å². The van der Waals surface area contributed by atoms with Crippen LogP contribution in [0.2, 0.25) is 0 Å². The molecule has 2 heterocycles. The second-order valence-electron chi connectivity index (χ2n) is 6.94. The monoisotopic (exact) mass is 287 g/mol. The molecule has 2 saturated carbocycles. The number of aromatic nitrogens is 2. The summed E-state index contributed by atoms with van der Waals surface area (Å²) in [5.74, 6) is 2.78. The Labute approximate surface area is 126 Å². The molecule has 0 radical (unpaired) electrons. The lowest BCUT2D eigenvalue weighted by atomic mass is 9.95. The third kappa shape index (κ3) is 2.59. The molecule has 0 spiro atoms. The molecular formula is C16H25N5. The van der Waals surface area contributed by atoms with Crippen molar-refractivity contribution in [3.63, 3.8) is 0 Å². The Kier molecular flexibility index (Phi) is 3.45. The minimum Gasteiger partial charge on any atom is -0.369 e. The van der Waals surface area contributed by atoms with Crippen LogP contribution in [-0.2, 0) is 0 Å². The van der Waals surface area contributed by atoms with Crippen LogP contribution in [0, 0.1) is 11.8 Å². The van der Waals surface area contributed by atoms with Crippen molar-refractivity contribution >= 4 is 11.5 Å². The molecule has 5 heteroatoms. The molecule has 5 nitrogen and oxygen atoms in total. The molecule has 0 amide bonds. The van der Waals surface area contributed by atoms with Gasteiger partial charge < -0.3 is 15.5 Å². The summed E-state index contributed by atoms with van der Waals surface area (Å²) >= 11 is 0. The van der Waals surface area contributed by atoms with Crippen LogP contribution >= 0.6 is 0 Å². The Morgan fingerprint density at radius 2 is 2.19 bits per heavy atom. The number of hydrogen-bond acceptors (Lipinski definition) is 5. The van der Waals surface area contributed by atoms with E-state index < -0.39 is 0 Å². The molecule has 4 atom stereocenters. The largest absolute Gasteiger partial charge is 0.369 e. The maximum atomic E-state index is 4.29. The van der Waals surface area contributed by atoms with Gasteiger partial charge in [0.05, 0.1) is 11.9 Å². The second-order valence-corrected chi connectivity index (χ2v) is 6.94. The molecule has 1 aromatic heterocycles. The number of rotatable bonds is 4. The Morgan fingerprint density at radius 1 is 1.24 bits per heavy atom. The van der Waals surface area contributed by atoms with Gasteiger partial charge in [0.1, 0.15) is 0 Å². The number of likely N-dealkylation sites (N-methyl/N-ethyl adjacent to an activating group) is 1. The predicted octanol–water partition coefficient (Wildman–Crippen LogP) is 1.88. The lowest BCUT2D eigenvalue weighted by molar-refractivity contribution is 0.438. The van der Waals surface area contributed by atoms with E-state index in [1.54, 1.807) is 0 Å². The molecule has 1 aliphatic heterocycles. The summed E-state index contributed by atoms with van der Waals surface area (Å²) in [5, 5.41) is 15.5. The van der Waals surface area contributed by atoms with E-state index in [1.807, 2.05) is 13.2 Å². The predicted molar refractivity (Wildman–Crippen MR) is 84.6 cm³/mol. The highest BCUT2D eigenvalue weighted by Crippen LogP contribution is 2.45. The first-order valence-electron chi connectivity index (χ1n) is 8.33. The molecule has 3 fully saturated rings. The molecule has 3 unspecified atom stereocenters. The first-order chi connectivity index (χ1) is 10.3. The summed E-state index contributed by atoms with van der Waals surface area (Å²) in [7, 11) is 2.04. The van der Waals surface area contributed by atoms with Gasteiger partial charge in [-0.15, -0.1) is 5.10 Å². The van der Waals surface area contributed by atoms with E-state index in [0.717, 1.165) is 30.7 Å². The first kappa shape index (κ1) is 13.3. The third-order valence-electron chi connectivity index (χ3n) is 5.67. The van der Waals surface area contributed by atoms with Gasteiger partial charge in [-0.1, -0.05) is 6.42 Å². The lowest BCUT2D eigenvalue weighted by Crippen LogP contribution is -2.30. The van der Waals surface area contributed by atoms with Crippen LogP contribution in [-0.4, -0.2) is 42.4 Å². The van der Waals surface area contributed by atoms with Gasteiger partial charge in [-0.3, -0.25) is 0 Å². The topological polar surface area (TPSA) is 53.1 Å². The molecule has 4 rings (SSSR count). The van der Waals surface area contributed by atoms with E-state index in [1.165, 1.54) is 37.8 Å². The SMILES string of the molecule is CN[C@H]1CCN(c2cnnc(NC3CC4CCC3C4)c2)C1. The Hall–Kier alpha value is -1.36. The molecule has 2 aliphatic carbocycles. The summed E-state index contributed by atoms with van der Waals surface area (Å²) in [5.41, 5.74) is 1.20. The smallest absolute Gasteiger partial charge is 0.150 e. The fourth-order valence-corrected chi connectivity index (χ4v) is 4.44. The number of anilines is 2. The Bertz CT molecular complexity index is 505. The average Bonchev–Trinajstić information content (AvgIpc) is 3.23. The van der Waals surface area contributed by atoms with Crippen molar-refractivity contribution in [2.75, 3.05) is 30.4 Å². The Balaban J connectivity index is 1.43. The molecule has 1 saturated heterocycles. The zero-order valence-corrected chi connectivity index (χ0v) is 12.8. The van der Waals surface area contributed by atoms with Crippen LogP contribution in [0.15, 0.2) is 12.3 Å². The van der Waals surface area contributed by atoms with Gasteiger partial charge in [0.25, 0.3) is 0 Å². The second kappa shape index (κ2) is 5.44. The van der Waals surface area contributed by atoms with Crippen LogP contribution in [0.4, 0.5) is 11.5 Å². The quantitative estimate of drug-likeness (QED) is 0.885. The van der Waals surface area contributed by atoms with Crippen molar-refractivity contribution in [3.05, 3.63) is 12.3 Å². The van der Waals surface area contributed by atoms with E-state index in [9.17, 15) is 0 Å². The third-order valence-corrected chi connectivity index (χ3v) is 5.67. The zero-order chi connectivity index (χ0) is 14.2. The Morgan fingerprint density at radius 3 is 2.90 bits per heavy atom. The molecule has 1 aromatic rings. The number of fused-ring (bicyclic) bond motifs is 2. The summed E-state index contributed by atoms with van der Waals surface area (Å²) in [6.45, 7) is 2.17. The van der Waals surface area contributed by atoms with Crippen LogP contribution in [0.25, 0.3) is 0 Å². The van der Waals surface area contributed by atoms with Crippen molar-refractivity contribution in [2.45, 2.75) is 44.2 Å². The highest BCUT2D eigenvalue weighted by molar-refractivity contribution is 5.53. The van der Waals surface area contributed by atoms with E-state index in [2.05, 4.69) is 31.8 Å². The van der Waals surface area contributed by atoms with Gasteiger partial charge in [0, 0.05) is 31.2 Å². The summed E-state index contributed by atoms with van der Waals surface area (Å²) in [6, 6.07) is 3.40. The highest BCUT2D eigenvalue weighted by atomic mass is 15.2. The van der Waals surface area contributed by atoms with Gasteiger partial charge in [-0.2, -0.15) is 5.10 Å². The van der Waals surface area contributed by atoms with Crippen molar-refractivity contribution in [1.29, 1.82) is 0 Å². The lowest BCUT2D eigenvalue weighted by Gasteiger charge is -2.24. The first-order valence-corrected chi connectivity index (χ1v) is 8.33. The summed E-state index contributed by atoms with van der Waals surface area (Å²) in [4.78, 5) is 2.40. The maximum absolute atomic E-state index is 4.29. The van der Waals surface area contributed by atoms with E-state index in [4.69, 9.17) is 0 Å². The van der Waals surface area contributed by atoms with Crippen LogP contribution in [0.5, 0.6) is 0 Å². The number of nitrogens with zero attached hydrogens (tertiary/aromatic N) is 3. The minimum absolute atomic E-state index is 0.597. The molecule has 0 aromatic carbocycles. The number of nitrogens with one attached hydrogen (secondary N) is 2. The molecular weight excluding hydrogens is 262 g/mol. The minimum atomic E-state index is 0.597. The van der Waals surface area contributed by atoms with Crippen molar-refractivity contribution in [3.8, 4) is 0 Å². The normalized spacial score (nSPS) is 34.6. The van der Waals surface area contributed by atoms with Gasteiger partial charge in [-0.25, -0.2) is 0 Å². The summed E-state index contributed by atoms with van der Waals surface area (Å²) < 4.78 is 0. The number of hydrogen-bond donors (Lipinski definition) is 2. The maximum Gasteiger partial charge on any atom is 0.150 e. The molecule has 2 bridgehead atoms. The van der Waals surface area contributed by atoms with Gasteiger partial charge in [0.2, 0.25) is 0 Å². The summed E-state index contributed by atoms with van der Waals surface area (Å²) in [6.07, 6.45) is 8.67. The van der Waals surface area contributed by atoms with Gasteiger partial charge >= 0.3 is 0 Å². The van der Waals surface area contributed by atoms with Crippen LogP contribution in [0.1, 0.15) is 32.1 Å². The average molecular weight is 287 g/mol.